The van der Waals surface area contributed by atoms with Crippen LogP contribution in [0.4, 0.5) is 0 Å². The van der Waals surface area contributed by atoms with Gasteiger partial charge in [0.15, 0.2) is 11.5 Å². The van der Waals surface area contributed by atoms with E-state index in [9.17, 15) is 0 Å². The topological polar surface area (TPSA) is 53.7 Å². The zero-order valence-electron chi connectivity index (χ0n) is 8.31. The minimum atomic E-state index is 0.309. The van der Waals surface area contributed by atoms with E-state index in [-0.39, 0.29) is 0 Å². The fourth-order valence-corrected chi connectivity index (χ4v) is 1.37. The highest BCUT2D eigenvalue weighted by Crippen LogP contribution is 2.32. The van der Waals surface area contributed by atoms with Gasteiger partial charge in [-0.2, -0.15) is 0 Å². The van der Waals surface area contributed by atoms with E-state index in [1.165, 1.54) is 0 Å². The van der Waals surface area contributed by atoms with Crippen LogP contribution in [-0.4, -0.2) is 13.4 Å². The summed E-state index contributed by atoms with van der Waals surface area (Å²) in [4.78, 5) is 4.46. The van der Waals surface area contributed by atoms with Crippen LogP contribution in [0.5, 0.6) is 11.5 Å². The molecule has 4 heteroatoms. The van der Waals surface area contributed by atoms with E-state index < -0.39 is 0 Å². The Morgan fingerprint density at radius 1 is 1.33 bits per heavy atom. The summed E-state index contributed by atoms with van der Waals surface area (Å²) in [6.45, 7) is 0.838. The Morgan fingerprint density at radius 3 is 3.07 bits per heavy atom. The molecular weight excluding hydrogens is 194 g/mol. The van der Waals surface area contributed by atoms with Crippen LogP contribution in [0.2, 0.25) is 0 Å². The third kappa shape index (κ3) is 2.49. The molecule has 2 rings (SSSR count). The Morgan fingerprint density at radius 2 is 2.20 bits per heavy atom. The molecule has 0 amide bonds. The number of rotatable bonds is 4. The summed E-state index contributed by atoms with van der Waals surface area (Å²) < 4.78 is 10.5. The molecule has 0 radical (unpaired) electrons. The number of hydrogen-bond donors (Lipinski definition) is 1. The summed E-state index contributed by atoms with van der Waals surface area (Å²) in [6, 6.07) is 5.83. The lowest BCUT2D eigenvalue weighted by molar-refractivity contribution is 0.143. The van der Waals surface area contributed by atoms with Crippen molar-refractivity contribution in [2.45, 2.75) is 6.42 Å². The van der Waals surface area contributed by atoms with Crippen LogP contribution in [0.3, 0.4) is 0 Å². The molecule has 1 aliphatic rings. The molecule has 0 fully saturated rings. The predicted molar refractivity (Wildman–Crippen MR) is 56.4 cm³/mol. The molecule has 2 N–H and O–H groups in total. The normalized spacial score (nSPS) is 13.7. The van der Waals surface area contributed by atoms with Gasteiger partial charge in [0.25, 0.3) is 0 Å². The third-order valence-electron chi connectivity index (χ3n) is 2.11. The molecule has 1 aromatic rings. The molecule has 80 valence electrons. The average molecular weight is 207 g/mol. The van der Waals surface area contributed by atoms with E-state index in [0.717, 1.165) is 23.5 Å². The second-order valence-electron chi connectivity index (χ2n) is 3.17. The van der Waals surface area contributed by atoms with E-state index in [2.05, 4.69) is 4.84 Å². The standard InChI is InChI=1S/C11H13NO3/c12-15-6-2-1-3-9-4-5-10-11(7-9)14-8-13-10/h1,3-5,7H,2,6,8,12H2/b3-1+. The fraction of sp³-hybridized carbons (Fsp3) is 0.273. The first kappa shape index (κ1) is 10.0. The van der Waals surface area contributed by atoms with Crippen molar-refractivity contribution in [1.29, 1.82) is 0 Å². The van der Waals surface area contributed by atoms with Crippen LogP contribution in [0, 0.1) is 0 Å². The van der Waals surface area contributed by atoms with Gasteiger partial charge in [-0.25, -0.2) is 5.90 Å². The fourth-order valence-electron chi connectivity index (χ4n) is 1.37. The molecule has 4 nitrogen and oxygen atoms in total. The SMILES string of the molecule is NOCC/C=C/c1ccc2c(c1)OCO2. The first-order valence-electron chi connectivity index (χ1n) is 4.78. The molecule has 0 aromatic heterocycles. The van der Waals surface area contributed by atoms with Crippen LogP contribution >= 0.6 is 0 Å². The quantitative estimate of drug-likeness (QED) is 0.603. The zero-order valence-corrected chi connectivity index (χ0v) is 8.31. The van der Waals surface area contributed by atoms with Crippen LogP contribution in [0.25, 0.3) is 6.08 Å². The smallest absolute Gasteiger partial charge is 0.231 e. The average Bonchev–Trinajstić information content (AvgIpc) is 2.71. The minimum absolute atomic E-state index is 0.309. The second kappa shape index (κ2) is 4.82. The molecular formula is C11H13NO3. The van der Waals surface area contributed by atoms with E-state index in [1.807, 2.05) is 30.4 Å². The predicted octanol–water partition coefficient (Wildman–Crippen LogP) is 1.71. The van der Waals surface area contributed by atoms with Gasteiger partial charge in [-0.1, -0.05) is 18.2 Å². The molecule has 0 unspecified atom stereocenters. The molecule has 0 saturated carbocycles. The van der Waals surface area contributed by atoms with Crippen LogP contribution < -0.4 is 15.4 Å². The first-order valence-corrected chi connectivity index (χ1v) is 4.78. The molecule has 0 bridgehead atoms. The van der Waals surface area contributed by atoms with Gasteiger partial charge in [-0.05, 0) is 24.1 Å². The van der Waals surface area contributed by atoms with Gasteiger partial charge in [0.2, 0.25) is 6.79 Å². The number of nitrogens with two attached hydrogens (primary N) is 1. The molecule has 1 aliphatic heterocycles. The second-order valence-corrected chi connectivity index (χ2v) is 3.17. The van der Waals surface area contributed by atoms with Crippen molar-refractivity contribution >= 4 is 6.08 Å². The van der Waals surface area contributed by atoms with Crippen molar-refractivity contribution < 1.29 is 14.3 Å². The lowest BCUT2D eigenvalue weighted by atomic mass is 10.2. The molecule has 1 aromatic carbocycles. The molecule has 0 aliphatic carbocycles. The van der Waals surface area contributed by atoms with Gasteiger partial charge in [0.05, 0.1) is 6.61 Å². The summed E-state index contributed by atoms with van der Waals surface area (Å²) in [5, 5.41) is 0. The first-order chi connectivity index (χ1) is 7.40. The Hall–Kier alpha value is -1.52. The van der Waals surface area contributed by atoms with E-state index in [0.29, 0.717) is 13.4 Å². The number of ether oxygens (including phenoxy) is 2. The molecule has 0 atom stereocenters. The zero-order chi connectivity index (χ0) is 10.5. The van der Waals surface area contributed by atoms with Crippen molar-refractivity contribution in [1.82, 2.24) is 0 Å². The third-order valence-corrected chi connectivity index (χ3v) is 2.11. The molecule has 15 heavy (non-hydrogen) atoms. The minimum Gasteiger partial charge on any atom is -0.454 e. The van der Waals surface area contributed by atoms with Crippen molar-refractivity contribution in [3.63, 3.8) is 0 Å². The lowest BCUT2D eigenvalue weighted by Gasteiger charge is -1.97. The highest BCUT2D eigenvalue weighted by atomic mass is 16.7. The summed E-state index contributed by atoms with van der Waals surface area (Å²) in [7, 11) is 0. The maximum atomic E-state index is 5.27. The lowest BCUT2D eigenvalue weighted by Crippen LogP contribution is -1.98. The van der Waals surface area contributed by atoms with Crippen LogP contribution in [0.15, 0.2) is 24.3 Å². The molecule has 0 spiro atoms. The maximum absolute atomic E-state index is 5.27. The van der Waals surface area contributed by atoms with Gasteiger partial charge < -0.3 is 14.3 Å². The highest BCUT2D eigenvalue weighted by Gasteiger charge is 2.11. The van der Waals surface area contributed by atoms with Gasteiger partial charge in [-0.15, -0.1) is 0 Å². The van der Waals surface area contributed by atoms with Crippen molar-refractivity contribution in [2.24, 2.45) is 5.90 Å². The van der Waals surface area contributed by atoms with Crippen molar-refractivity contribution in [3.05, 3.63) is 29.8 Å². The summed E-state index contributed by atoms with van der Waals surface area (Å²) in [5.41, 5.74) is 1.08. The Balaban J connectivity index is 2.00. The number of hydrogen-bond acceptors (Lipinski definition) is 4. The number of benzene rings is 1. The van der Waals surface area contributed by atoms with Gasteiger partial charge in [0, 0.05) is 0 Å². The monoisotopic (exact) mass is 207 g/mol. The maximum Gasteiger partial charge on any atom is 0.231 e. The van der Waals surface area contributed by atoms with Gasteiger partial charge >= 0.3 is 0 Å². The molecule has 0 saturated heterocycles. The van der Waals surface area contributed by atoms with E-state index in [1.54, 1.807) is 0 Å². The van der Waals surface area contributed by atoms with E-state index in [4.69, 9.17) is 15.4 Å². The van der Waals surface area contributed by atoms with Gasteiger partial charge in [-0.3, -0.25) is 0 Å². The van der Waals surface area contributed by atoms with E-state index >= 15 is 0 Å². The molecule has 1 heterocycles. The Kier molecular flexibility index (Phi) is 3.22. The number of fused-ring (bicyclic) bond motifs is 1. The van der Waals surface area contributed by atoms with Gasteiger partial charge in [0.1, 0.15) is 0 Å². The summed E-state index contributed by atoms with van der Waals surface area (Å²) in [5.74, 6) is 6.51. The summed E-state index contributed by atoms with van der Waals surface area (Å²) in [6.07, 6.45) is 4.80. The largest absolute Gasteiger partial charge is 0.454 e. The van der Waals surface area contributed by atoms with Crippen molar-refractivity contribution in [3.8, 4) is 11.5 Å². The van der Waals surface area contributed by atoms with Crippen molar-refractivity contribution in [2.75, 3.05) is 13.4 Å². The Labute approximate surface area is 88.2 Å². The highest BCUT2D eigenvalue weighted by molar-refractivity contribution is 5.56. The Bertz CT molecular complexity index is 363. The van der Waals surface area contributed by atoms with Crippen LogP contribution in [0.1, 0.15) is 12.0 Å². The van der Waals surface area contributed by atoms with Crippen LogP contribution in [-0.2, 0) is 4.84 Å². The summed E-state index contributed by atoms with van der Waals surface area (Å²) >= 11 is 0.